The number of thioether (sulfide) groups is 1. The molecule has 1 aromatic heterocycles. The second-order valence-electron chi connectivity index (χ2n) is 4.06. The van der Waals surface area contributed by atoms with E-state index in [1.165, 1.54) is 11.8 Å². The van der Waals surface area contributed by atoms with E-state index < -0.39 is 0 Å². The molecular weight excluding hydrogens is 260 g/mol. The van der Waals surface area contributed by atoms with Crippen LogP contribution in [0, 0.1) is 25.2 Å². The molecule has 0 saturated carbocycles. The van der Waals surface area contributed by atoms with E-state index in [9.17, 15) is 0 Å². The molecule has 0 spiro atoms. The fourth-order valence-electron chi connectivity index (χ4n) is 1.58. The summed E-state index contributed by atoms with van der Waals surface area (Å²) in [4.78, 5) is 4.31. The molecule has 0 saturated heterocycles. The Labute approximate surface area is 116 Å². The maximum atomic E-state index is 9.03. The van der Waals surface area contributed by atoms with Crippen molar-refractivity contribution < 1.29 is 9.15 Å². The van der Waals surface area contributed by atoms with E-state index in [0.717, 1.165) is 17.0 Å². The normalized spacial score (nSPS) is 10.2. The monoisotopic (exact) mass is 274 g/mol. The van der Waals surface area contributed by atoms with Crippen LogP contribution in [0.4, 0.5) is 0 Å². The van der Waals surface area contributed by atoms with Crippen LogP contribution in [-0.4, -0.2) is 12.1 Å². The van der Waals surface area contributed by atoms with Gasteiger partial charge in [0.25, 0.3) is 5.22 Å². The van der Waals surface area contributed by atoms with Gasteiger partial charge in [-0.1, -0.05) is 17.8 Å². The molecule has 2 aromatic rings. The van der Waals surface area contributed by atoms with E-state index in [2.05, 4.69) is 11.1 Å². The number of aromatic nitrogens is 1. The quantitative estimate of drug-likeness (QED) is 0.799. The molecule has 2 rings (SSSR count). The van der Waals surface area contributed by atoms with Crippen LogP contribution in [0.3, 0.4) is 0 Å². The fraction of sp³-hybridized carbons (Fsp3) is 0.286. The predicted molar refractivity (Wildman–Crippen MR) is 73.2 cm³/mol. The Morgan fingerprint density at radius 3 is 2.79 bits per heavy atom. The molecule has 0 unspecified atom stereocenters. The van der Waals surface area contributed by atoms with Crippen molar-refractivity contribution in [2.75, 3.05) is 7.11 Å². The number of methoxy groups -OCH3 is 1. The second kappa shape index (κ2) is 5.81. The third-order valence-corrected chi connectivity index (χ3v) is 3.65. The Morgan fingerprint density at radius 1 is 1.42 bits per heavy atom. The molecule has 98 valence electrons. The van der Waals surface area contributed by atoms with E-state index in [4.69, 9.17) is 14.4 Å². The Bertz CT molecular complexity index is 609. The highest BCUT2D eigenvalue weighted by Gasteiger charge is 2.08. The number of aryl methyl sites for hydroxylation is 2. The minimum absolute atomic E-state index is 0.542. The first-order valence-electron chi connectivity index (χ1n) is 5.78. The summed E-state index contributed by atoms with van der Waals surface area (Å²) in [6.07, 6.45) is 0. The SMILES string of the molecule is COc1ccc(CSc2nc(C)c(C)o2)cc1C#N. The molecule has 0 fully saturated rings. The van der Waals surface area contributed by atoms with Crippen molar-refractivity contribution in [3.63, 3.8) is 0 Å². The van der Waals surface area contributed by atoms with Gasteiger partial charge in [-0.25, -0.2) is 4.98 Å². The number of hydrogen-bond acceptors (Lipinski definition) is 5. The molecular formula is C14H14N2O2S. The van der Waals surface area contributed by atoms with Crippen LogP contribution in [-0.2, 0) is 5.75 Å². The first-order chi connectivity index (χ1) is 9.13. The second-order valence-corrected chi connectivity index (χ2v) is 4.98. The number of hydrogen-bond donors (Lipinski definition) is 0. The Kier molecular flexibility index (Phi) is 4.13. The zero-order valence-corrected chi connectivity index (χ0v) is 11.9. The molecule has 5 heteroatoms. The van der Waals surface area contributed by atoms with E-state index in [0.29, 0.717) is 22.3 Å². The van der Waals surface area contributed by atoms with Gasteiger partial charge in [-0.2, -0.15) is 5.26 Å². The van der Waals surface area contributed by atoms with Crippen molar-refractivity contribution in [2.45, 2.75) is 24.8 Å². The zero-order chi connectivity index (χ0) is 13.8. The van der Waals surface area contributed by atoms with Gasteiger partial charge in [-0.05, 0) is 31.5 Å². The van der Waals surface area contributed by atoms with E-state index in [-0.39, 0.29) is 0 Å². The topological polar surface area (TPSA) is 59.1 Å². The first-order valence-corrected chi connectivity index (χ1v) is 6.76. The lowest BCUT2D eigenvalue weighted by molar-refractivity contribution is 0.413. The van der Waals surface area contributed by atoms with Crippen LogP contribution in [0.2, 0.25) is 0 Å². The molecule has 0 aliphatic heterocycles. The molecule has 0 amide bonds. The highest BCUT2D eigenvalue weighted by atomic mass is 32.2. The lowest BCUT2D eigenvalue weighted by Gasteiger charge is -2.04. The average molecular weight is 274 g/mol. The van der Waals surface area contributed by atoms with Crippen LogP contribution >= 0.6 is 11.8 Å². The molecule has 19 heavy (non-hydrogen) atoms. The number of nitrogens with zero attached hydrogens (tertiary/aromatic N) is 2. The maximum Gasteiger partial charge on any atom is 0.256 e. The summed E-state index contributed by atoms with van der Waals surface area (Å²) in [6.45, 7) is 3.82. The van der Waals surface area contributed by atoms with Gasteiger partial charge in [-0.15, -0.1) is 0 Å². The molecule has 4 nitrogen and oxygen atoms in total. The molecule has 0 bridgehead atoms. The number of rotatable bonds is 4. The minimum Gasteiger partial charge on any atom is -0.495 e. The van der Waals surface area contributed by atoms with Crippen molar-refractivity contribution in [2.24, 2.45) is 0 Å². The van der Waals surface area contributed by atoms with Gasteiger partial charge in [0, 0.05) is 5.75 Å². The summed E-state index contributed by atoms with van der Waals surface area (Å²) in [7, 11) is 1.56. The van der Waals surface area contributed by atoms with Crippen molar-refractivity contribution in [3.8, 4) is 11.8 Å². The number of ether oxygens (including phenoxy) is 1. The summed E-state index contributed by atoms with van der Waals surface area (Å²) >= 11 is 1.51. The lowest BCUT2D eigenvalue weighted by Crippen LogP contribution is -1.90. The van der Waals surface area contributed by atoms with Gasteiger partial charge in [0.05, 0.1) is 18.4 Å². The summed E-state index contributed by atoms with van der Waals surface area (Å²) in [5.74, 6) is 2.15. The standard InChI is InChI=1S/C14H14N2O2S/c1-9-10(2)18-14(16-9)19-8-11-4-5-13(17-3)12(6-11)7-15/h4-6H,8H2,1-3H3. The molecule has 0 N–H and O–H groups in total. The fourth-order valence-corrected chi connectivity index (χ4v) is 2.44. The Hall–Kier alpha value is -1.93. The molecule has 1 heterocycles. The minimum atomic E-state index is 0.542. The number of benzene rings is 1. The van der Waals surface area contributed by atoms with Gasteiger partial charge < -0.3 is 9.15 Å². The number of oxazole rings is 1. The van der Waals surface area contributed by atoms with Crippen molar-refractivity contribution in [1.29, 1.82) is 5.26 Å². The third kappa shape index (κ3) is 3.09. The molecule has 0 atom stereocenters. The third-order valence-electron chi connectivity index (χ3n) is 2.76. The molecule has 0 radical (unpaired) electrons. The Morgan fingerprint density at radius 2 is 2.21 bits per heavy atom. The van der Waals surface area contributed by atoms with Crippen LogP contribution in [0.5, 0.6) is 5.75 Å². The first kappa shape index (κ1) is 13.5. The van der Waals surface area contributed by atoms with Crippen LogP contribution in [0.1, 0.15) is 22.6 Å². The van der Waals surface area contributed by atoms with Crippen molar-refractivity contribution >= 4 is 11.8 Å². The summed E-state index contributed by atoms with van der Waals surface area (Å²) < 4.78 is 10.6. The molecule has 1 aromatic carbocycles. The lowest BCUT2D eigenvalue weighted by atomic mass is 10.1. The summed E-state index contributed by atoms with van der Waals surface area (Å²) in [6, 6.07) is 7.70. The van der Waals surface area contributed by atoms with E-state index in [1.54, 1.807) is 13.2 Å². The smallest absolute Gasteiger partial charge is 0.256 e. The van der Waals surface area contributed by atoms with Crippen LogP contribution in [0.25, 0.3) is 0 Å². The predicted octanol–water partition coefficient (Wildman–Crippen LogP) is 3.46. The average Bonchev–Trinajstić information content (AvgIpc) is 2.75. The van der Waals surface area contributed by atoms with Crippen molar-refractivity contribution in [3.05, 3.63) is 40.8 Å². The number of nitriles is 1. The maximum absolute atomic E-state index is 9.03. The molecule has 0 aliphatic carbocycles. The van der Waals surface area contributed by atoms with Gasteiger partial charge in [-0.3, -0.25) is 0 Å². The zero-order valence-electron chi connectivity index (χ0n) is 11.1. The van der Waals surface area contributed by atoms with E-state index in [1.807, 2.05) is 26.0 Å². The highest BCUT2D eigenvalue weighted by molar-refractivity contribution is 7.98. The van der Waals surface area contributed by atoms with E-state index >= 15 is 0 Å². The molecule has 0 aliphatic rings. The van der Waals surface area contributed by atoms with Crippen LogP contribution in [0.15, 0.2) is 27.8 Å². The van der Waals surface area contributed by atoms with Crippen LogP contribution < -0.4 is 4.74 Å². The van der Waals surface area contributed by atoms with Gasteiger partial charge >= 0.3 is 0 Å². The van der Waals surface area contributed by atoms with Gasteiger partial charge in [0.2, 0.25) is 0 Å². The van der Waals surface area contributed by atoms with Crippen molar-refractivity contribution in [1.82, 2.24) is 4.98 Å². The largest absolute Gasteiger partial charge is 0.495 e. The highest BCUT2D eigenvalue weighted by Crippen LogP contribution is 2.26. The van der Waals surface area contributed by atoms with Gasteiger partial charge in [0.15, 0.2) is 0 Å². The Balaban J connectivity index is 2.10. The summed E-state index contributed by atoms with van der Waals surface area (Å²) in [5.41, 5.74) is 2.49. The summed E-state index contributed by atoms with van der Waals surface area (Å²) in [5, 5.41) is 9.69. The van der Waals surface area contributed by atoms with Gasteiger partial charge in [0.1, 0.15) is 17.6 Å².